The summed E-state index contributed by atoms with van der Waals surface area (Å²) in [6.07, 6.45) is 0. The minimum absolute atomic E-state index is 0.204. The Morgan fingerprint density at radius 1 is 1.10 bits per heavy atom. The summed E-state index contributed by atoms with van der Waals surface area (Å²) < 4.78 is 0. The molecule has 1 rings (SSSR count). The second-order valence-corrected chi connectivity index (χ2v) is 4.65. The van der Waals surface area contributed by atoms with Gasteiger partial charge in [-0.1, -0.05) is 0 Å². The van der Waals surface area contributed by atoms with E-state index in [9.17, 15) is 19.5 Å². The van der Waals surface area contributed by atoms with Gasteiger partial charge in [-0.2, -0.15) is 0 Å². The van der Waals surface area contributed by atoms with Crippen molar-refractivity contribution >= 4 is 29.3 Å². The van der Waals surface area contributed by atoms with Crippen molar-refractivity contribution in [3.63, 3.8) is 0 Å². The number of benzene rings is 1. The summed E-state index contributed by atoms with van der Waals surface area (Å²) in [5.41, 5.74) is -0.995. The fourth-order valence-corrected chi connectivity index (χ4v) is 1.34. The number of carbonyl (C=O) groups excluding carboxylic acids is 2. The fourth-order valence-electron chi connectivity index (χ4n) is 1.34. The molecule has 0 aliphatic carbocycles. The molecule has 0 radical (unpaired) electrons. The Morgan fingerprint density at radius 2 is 1.57 bits per heavy atom. The molecule has 1 aromatic rings. The zero-order chi connectivity index (χ0) is 16.0. The number of hydrogen-bond acceptors (Lipinski definition) is 4. The third-order valence-electron chi connectivity index (χ3n) is 2.52. The molecule has 0 saturated carbocycles. The average molecular weight is 295 g/mol. The number of carboxylic acids is 1. The second-order valence-electron chi connectivity index (χ2n) is 4.65. The molecule has 0 heterocycles. The summed E-state index contributed by atoms with van der Waals surface area (Å²) in [5, 5.41) is 25.4. The Bertz CT molecular complexity index is 539. The van der Waals surface area contributed by atoms with Crippen molar-refractivity contribution in [2.24, 2.45) is 0 Å². The Balaban J connectivity index is 2.52. The number of carbonyl (C=O) groups is 3. The molecule has 0 aliphatic rings. The van der Waals surface area contributed by atoms with E-state index in [-0.39, 0.29) is 5.91 Å². The minimum atomic E-state index is -2.04. The molecule has 1 atom stereocenters. The molecule has 114 valence electrons. The van der Waals surface area contributed by atoms with Crippen molar-refractivity contribution in [2.45, 2.75) is 19.4 Å². The van der Waals surface area contributed by atoms with Crippen LogP contribution in [0.15, 0.2) is 24.3 Å². The highest BCUT2D eigenvalue weighted by Crippen LogP contribution is 2.13. The zero-order valence-corrected chi connectivity index (χ0v) is 11.6. The lowest BCUT2D eigenvalue weighted by molar-refractivity contribution is -0.155. The predicted molar refractivity (Wildman–Crippen MR) is 76.0 cm³/mol. The quantitative estimate of drug-likeness (QED) is 0.543. The molecular weight excluding hydrogens is 278 g/mol. The molecule has 5 N–H and O–H groups in total. The van der Waals surface area contributed by atoms with Gasteiger partial charge in [0, 0.05) is 18.3 Å². The molecule has 0 bridgehead atoms. The summed E-state index contributed by atoms with van der Waals surface area (Å²) in [6, 6.07) is 5.69. The molecule has 8 nitrogen and oxygen atoms in total. The summed E-state index contributed by atoms with van der Waals surface area (Å²) in [7, 11) is 0. The van der Waals surface area contributed by atoms with Gasteiger partial charge in [0.15, 0.2) is 5.60 Å². The largest absolute Gasteiger partial charge is 0.479 e. The first-order valence-corrected chi connectivity index (χ1v) is 6.09. The molecule has 8 heteroatoms. The Kier molecular flexibility index (Phi) is 5.25. The van der Waals surface area contributed by atoms with E-state index in [1.807, 2.05) is 0 Å². The van der Waals surface area contributed by atoms with E-state index in [0.29, 0.717) is 11.4 Å². The highest BCUT2D eigenvalue weighted by atomic mass is 16.4. The van der Waals surface area contributed by atoms with E-state index in [4.69, 9.17) is 5.11 Å². The molecule has 3 amide bonds. The maximum Gasteiger partial charge on any atom is 0.337 e. The lowest BCUT2D eigenvalue weighted by Crippen LogP contribution is -2.47. The lowest BCUT2D eigenvalue weighted by atomic mass is 10.1. The van der Waals surface area contributed by atoms with Crippen LogP contribution in [0.5, 0.6) is 0 Å². The first-order chi connectivity index (χ1) is 9.70. The van der Waals surface area contributed by atoms with Gasteiger partial charge in [-0.3, -0.25) is 4.79 Å². The van der Waals surface area contributed by atoms with Crippen LogP contribution in [0, 0.1) is 0 Å². The van der Waals surface area contributed by atoms with E-state index in [1.54, 1.807) is 24.3 Å². The summed E-state index contributed by atoms with van der Waals surface area (Å²) in [4.78, 5) is 33.1. The number of aliphatic carboxylic acids is 1. The topological polar surface area (TPSA) is 128 Å². The van der Waals surface area contributed by atoms with E-state index in [2.05, 4.69) is 16.0 Å². The number of carboxylic acid groups (broad SMARTS) is 1. The molecular formula is C13H17N3O5. The van der Waals surface area contributed by atoms with E-state index >= 15 is 0 Å². The second kappa shape index (κ2) is 6.71. The third kappa shape index (κ3) is 5.49. The van der Waals surface area contributed by atoms with Gasteiger partial charge < -0.3 is 26.2 Å². The molecule has 1 unspecified atom stereocenters. The number of nitrogens with one attached hydrogen (secondary N) is 3. The van der Waals surface area contributed by atoms with Crippen LogP contribution in [0.3, 0.4) is 0 Å². The number of anilines is 2. The smallest absolute Gasteiger partial charge is 0.337 e. The monoisotopic (exact) mass is 295 g/mol. The average Bonchev–Trinajstić information content (AvgIpc) is 2.38. The number of rotatable bonds is 5. The van der Waals surface area contributed by atoms with Crippen LogP contribution in [-0.2, 0) is 9.59 Å². The maximum atomic E-state index is 11.5. The van der Waals surface area contributed by atoms with Gasteiger partial charge in [-0.05, 0) is 31.2 Å². The molecule has 0 spiro atoms. The SMILES string of the molecule is CC(=O)Nc1ccc(NC(=O)NCC(C)(O)C(=O)O)cc1. The van der Waals surface area contributed by atoms with Gasteiger partial charge in [-0.25, -0.2) is 9.59 Å². The van der Waals surface area contributed by atoms with Gasteiger partial charge in [0.1, 0.15) is 0 Å². The van der Waals surface area contributed by atoms with E-state index in [1.165, 1.54) is 6.92 Å². The summed E-state index contributed by atoms with van der Waals surface area (Å²) in [6.45, 7) is 2.03. The van der Waals surface area contributed by atoms with Crippen molar-refractivity contribution in [3.8, 4) is 0 Å². The summed E-state index contributed by atoms with van der Waals surface area (Å²) in [5.74, 6) is -1.63. The van der Waals surface area contributed by atoms with Gasteiger partial charge in [0.25, 0.3) is 0 Å². The molecule has 0 fully saturated rings. The van der Waals surface area contributed by atoms with Gasteiger partial charge in [-0.15, -0.1) is 0 Å². The van der Waals surface area contributed by atoms with Crippen LogP contribution < -0.4 is 16.0 Å². The fraction of sp³-hybridized carbons (Fsp3) is 0.308. The van der Waals surface area contributed by atoms with Crippen LogP contribution in [0.4, 0.5) is 16.2 Å². The molecule has 1 aromatic carbocycles. The number of urea groups is 1. The number of amides is 3. The van der Waals surface area contributed by atoms with Crippen LogP contribution in [0.25, 0.3) is 0 Å². The van der Waals surface area contributed by atoms with Crippen LogP contribution in [0.2, 0.25) is 0 Å². The third-order valence-corrected chi connectivity index (χ3v) is 2.52. The molecule has 0 aliphatic heterocycles. The van der Waals surface area contributed by atoms with Crippen LogP contribution >= 0.6 is 0 Å². The number of aliphatic hydroxyl groups is 1. The highest BCUT2D eigenvalue weighted by molar-refractivity contribution is 5.91. The maximum absolute atomic E-state index is 11.5. The lowest BCUT2D eigenvalue weighted by Gasteiger charge is -2.18. The standard InChI is InChI=1S/C13H17N3O5/c1-8(17)15-9-3-5-10(6-4-9)16-12(20)14-7-13(2,21)11(18)19/h3-6,21H,7H2,1-2H3,(H,15,17)(H,18,19)(H2,14,16,20). The van der Waals surface area contributed by atoms with Gasteiger partial charge in [0.2, 0.25) is 5.91 Å². The van der Waals surface area contributed by atoms with E-state index in [0.717, 1.165) is 6.92 Å². The zero-order valence-electron chi connectivity index (χ0n) is 11.6. The Morgan fingerprint density at radius 3 is 2.00 bits per heavy atom. The van der Waals surface area contributed by atoms with Gasteiger partial charge >= 0.3 is 12.0 Å². The van der Waals surface area contributed by atoms with E-state index < -0.39 is 24.1 Å². The molecule has 0 aromatic heterocycles. The normalized spacial score (nSPS) is 12.9. The van der Waals surface area contributed by atoms with Crippen LogP contribution in [0.1, 0.15) is 13.8 Å². The first-order valence-electron chi connectivity index (χ1n) is 6.09. The van der Waals surface area contributed by atoms with Crippen molar-refractivity contribution in [1.29, 1.82) is 0 Å². The molecule has 0 saturated heterocycles. The highest BCUT2D eigenvalue weighted by Gasteiger charge is 2.30. The summed E-state index contributed by atoms with van der Waals surface area (Å²) >= 11 is 0. The van der Waals surface area contributed by atoms with Crippen molar-refractivity contribution in [3.05, 3.63) is 24.3 Å². The van der Waals surface area contributed by atoms with Crippen molar-refractivity contribution in [1.82, 2.24) is 5.32 Å². The first kappa shape index (κ1) is 16.4. The van der Waals surface area contributed by atoms with Crippen LogP contribution in [-0.4, -0.2) is 40.3 Å². The number of hydrogen-bond donors (Lipinski definition) is 5. The Hall–Kier alpha value is -2.61. The molecule has 21 heavy (non-hydrogen) atoms. The van der Waals surface area contributed by atoms with Gasteiger partial charge in [0.05, 0.1) is 6.54 Å². The Labute approximate surface area is 121 Å². The minimum Gasteiger partial charge on any atom is -0.479 e. The van der Waals surface area contributed by atoms with Crippen molar-refractivity contribution in [2.75, 3.05) is 17.2 Å². The predicted octanol–water partition coefficient (Wildman–Crippen LogP) is 0.602. The van der Waals surface area contributed by atoms with Crippen molar-refractivity contribution < 1.29 is 24.6 Å².